The normalized spacial score (nSPS) is 22.2. The Bertz CT molecular complexity index is 511. The molecule has 0 aliphatic heterocycles. The van der Waals surface area contributed by atoms with Gasteiger partial charge in [0.1, 0.15) is 0 Å². The van der Waals surface area contributed by atoms with Crippen molar-refractivity contribution in [2.75, 3.05) is 11.9 Å². The van der Waals surface area contributed by atoms with Crippen LogP contribution in [0, 0.1) is 5.92 Å². The SMILES string of the molecule is CCCNS(=O)(=O)c1ccc(NC2CC2CC)cc1. The first-order chi connectivity index (χ1) is 9.06. The van der Waals surface area contributed by atoms with E-state index in [1.807, 2.05) is 19.1 Å². The molecule has 106 valence electrons. The van der Waals surface area contributed by atoms with Crippen LogP contribution in [0.4, 0.5) is 5.69 Å². The van der Waals surface area contributed by atoms with Gasteiger partial charge in [-0.05, 0) is 43.0 Å². The summed E-state index contributed by atoms with van der Waals surface area (Å²) >= 11 is 0. The largest absolute Gasteiger partial charge is 0.382 e. The van der Waals surface area contributed by atoms with Crippen molar-refractivity contribution in [2.45, 2.75) is 44.0 Å². The van der Waals surface area contributed by atoms with E-state index >= 15 is 0 Å². The number of hydrogen-bond donors (Lipinski definition) is 2. The molecular formula is C14H22N2O2S. The highest BCUT2D eigenvalue weighted by molar-refractivity contribution is 7.89. The van der Waals surface area contributed by atoms with Gasteiger partial charge >= 0.3 is 0 Å². The minimum absolute atomic E-state index is 0.328. The predicted molar refractivity (Wildman–Crippen MR) is 77.7 cm³/mol. The van der Waals surface area contributed by atoms with Crippen LogP contribution in [0.1, 0.15) is 33.1 Å². The topological polar surface area (TPSA) is 58.2 Å². The van der Waals surface area contributed by atoms with Crippen molar-refractivity contribution in [1.82, 2.24) is 4.72 Å². The Balaban J connectivity index is 1.98. The Kier molecular flexibility index (Phi) is 4.47. The molecule has 1 aromatic carbocycles. The van der Waals surface area contributed by atoms with Gasteiger partial charge in [0.2, 0.25) is 10.0 Å². The summed E-state index contributed by atoms with van der Waals surface area (Å²) in [6, 6.07) is 7.55. The highest BCUT2D eigenvalue weighted by Crippen LogP contribution is 2.36. The molecule has 2 unspecified atom stereocenters. The molecule has 1 saturated carbocycles. The van der Waals surface area contributed by atoms with Crippen LogP contribution in [0.3, 0.4) is 0 Å². The van der Waals surface area contributed by atoms with E-state index in [-0.39, 0.29) is 0 Å². The summed E-state index contributed by atoms with van der Waals surface area (Å²) < 4.78 is 26.4. The third-order valence-electron chi connectivity index (χ3n) is 3.51. The Morgan fingerprint density at radius 3 is 2.42 bits per heavy atom. The molecule has 0 saturated heterocycles. The molecular weight excluding hydrogens is 260 g/mol. The maximum atomic E-state index is 11.9. The number of nitrogens with one attached hydrogen (secondary N) is 2. The summed E-state index contributed by atoms with van der Waals surface area (Å²) in [6.45, 7) is 4.61. The summed E-state index contributed by atoms with van der Waals surface area (Å²) in [7, 11) is -3.35. The van der Waals surface area contributed by atoms with E-state index in [1.165, 1.54) is 12.8 Å². The average molecular weight is 282 g/mol. The van der Waals surface area contributed by atoms with Crippen molar-refractivity contribution >= 4 is 15.7 Å². The molecule has 2 atom stereocenters. The van der Waals surface area contributed by atoms with Crippen LogP contribution in [-0.4, -0.2) is 21.0 Å². The van der Waals surface area contributed by atoms with Gasteiger partial charge in [-0.25, -0.2) is 13.1 Å². The third kappa shape index (κ3) is 3.70. The highest BCUT2D eigenvalue weighted by Gasteiger charge is 2.34. The van der Waals surface area contributed by atoms with Crippen LogP contribution in [0.15, 0.2) is 29.2 Å². The minimum Gasteiger partial charge on any atom is -0.382 e. The molecule has 2 rings (SSSR count). The number of hydrogen-bond acceptors (Lipinski definition) is 3. The van der Waals surface area contributed by atoms with Gasteiger partial charge in [-0.2, -0.15) is 0 Å². The molecule has 4 nitrogen and oxygen atoms in total. The third-order valence-corrected chi connectivity index (χ3v) is 4.98. The van der Waals surface area contributed by atoms with Gasteiger partial charge in [-0.15, -0.1) is 0 Å². The molecule has 1 aliphatic carbocycles. The van der Waals surface area contributed by atoms with Gasteiger partial charge in [0, 0.05) is 18.3 Å². The number of benzene rings is 1. The Labute approximate surface area is 115 Å². The Morgan fingerprint density at radius 1 is 1.21 bits per heavy atom. The summed E-state index contributed by atoms with van der Waals surface area (Å²) in [5.74, 6) is 0.773. The lowest BCUT2D eigenvalue weighted by atomic mass is 10.3. The van der Waals surface area contributed by atoms with Gasteiger partial charge in [-0.1, -0.05) is 20.3 Å². The first kappa shape index (κ1) is 14.3. The summed E-state index contributed by atoms with van der Waals surface area (Å²) in [5.41, 5.74) is 0.996. The van der Waals surface area contributed by atoms with Crippen molar-refractivity contribution < 1.29 is 8.42 Å². The monoisotopic (exact) mass is 282 g/mol. The zero-order valence-electron chi connectivity index (χ0n) is 11.5. The van der Waals surface area contributed by atoms with E-state index in [4.69, 9.17) is 0 Å². The van der Waals surface area contributed by atoms with Gasteiger partial charge in [0.05, 0.1) is 4.90 Å². The van der Waals surface area contributed by atoms with Gasteiger partial charge < -0.3 is 5.32 Å². The summed E-state index contributed by atoms with van der Waals surface area (Å²) in [5, 5.41) is 3.42. The molecule has 0 spiro atoms. The molecule has 5 heteroatoms. The zero-order chi connectivity index (χ0) is 13.9. The molecule has 1 aliphatic rings. The maximum Gasteiger partial charge on any atom is 0.240 e. The van der Waals surface area contributed by atoms with E-state index in [2.05, 4.69) is 17.0 Å². The number of sulfonamides is 1. The van der Waals surface area contributed by atoms with Crippen LogP contribution in [-0.2, 0) is 10.0 Å². The molecule has 0 bridgehead atoms. The molecule has 1 aromatic rings. The maximum absolute atomic E-state index is 11.9. The van der Waals surface area contributed by atoms with Crippen molar-refractivity contribution in [2.24, 2.45) is 5.92 Å². The lowest BCUT2D eigenvalue weighted by molar-refractivity contribution is 0.581. The van der Waals surface area contributed by atoms with E-state index in [0.717, 1.165) is 18.0 Å². The molecule has 0 aromatic heterocycles. The highest BCUT2D eigenvalue weighted by atomic mass is 32.2. The van der Waals surface area contributed by atoms with Crippen molar-refractivity contribution in [3.05, 3.63) is 24.3 Å². The molecule has 0 radical (unpaired) electrons. The smallest absolute Gasteiger partial charge is 0.240 e. The lowest BCUT2D eigenvalue weighted by Crippen LogP contribution is -2.24. The fourth-order valence-electron chi connectivity index (χ4n) is 2.14. The fraction of sp³-hybridized carbons (Fsp3) is 0.571. The van der Waals surface area contributed by atoms with Crippen LogP contribution in [0.5, 0.6) is 0 Å². The Morgan fingerprint density at radius 2 is 1.89 bits per heavy atom. The second-order valence-corrected chi connectivity index (χ2v) is 6.84. The van der Waals surface area contributed by atoms with E-state index < -0.39 is 10.0 Å². The molecule has 1 fully saturated rings. The zero-order valence-corrected chi connectivity index (χ0v) is 12.3. The molecule has 0 amide bonds. The van der Waals surface area contributed by atoms with E-state index in [1.54, 1.807) is 12.1 Å². The van der Waals surface area contributed by atoms with Crippen molar-refractivity contribution in [1.29, 1.82) is 0 Å². The summed E-state index contributed by atoms with van der Waals surface area (Å²) in [4.78, 5) is 0.328. The van der Waals surface area contributed by atoms with E-state index in [0.29, 0.717) is 17.5 Å². The van der Waals surface area contributed by atoms with Crippen LogP contribution < -0.4 is 10.0 Å². The van der Waals surface area contributed by atoms with Crippen LogP contribution in [0.2, 0.25) is 0 Å². The van der Waals surface area contributed by atoms with Gasteiger partial charge in [-0.3, -0.25) is 0 Å². The Hall–Kier alpha value is -1.07. The standard InChI is InChI=1S/C14H22N2O2S/c1-3-9-15-19(17,18)13-7-5-12(6-8-13)16-14-10-11(14)4-2/h5-8,11,14-16H,3-4,9-10H2,1-2H3. The second-order valence-electron chi connectivity index (χ2n) is 5.08. The van der Waals surface area contributed by atoms with Crippen molar-refractivity contribution in [3.63, 3.8) is 0 Å². The number of anilines is 1. The predicted octanol–water partition coefficient (Wildman–Crippen LogP) is 2.59. The molecule has 0 heterocycles. The van der Waals surface area contributed by atoms with Crippen LogP contribution in [0.25, 0.3) is 0 Å². The minimum atomic E-state index is -3.35. The van der Waals surface area contributed by atoms with Gasteiger partial charge in [0.25, 0.3) is 0 Å². The first-order valence-corrected chi connectivity index (χ1v) is 8.41. The average Bonchev–Trinajstić information content (AvgIpc) is 3.15. The molecule has 2 N–H and O–H groups in total. The van der Waals surface area contributed by atoms with E-state index in [9.17, 15) is 8.42 Å². The van der Waals surface area contributed by atoms with Crippen LogP contribution >= 0.6 is 0 Å². The fourth-order valence-corrected chi connectivity index (χ4v) is 3.27. The van der Waals surface area contributed by atoms with Gasteiger partial charge in [0.15, 0.2) is 0 Å². The summed E-state index contributed by atoms with van der Waals surface area (Å²) in [6.07, 6.45) is 3.21. The molecule has 19 heavy (non-hydrogen) atoms. The lowest BCUT2D eigenvalue weighted by Gasteiger charge is -2.08. The second kappa shape index (κ2) is 5.92. The van der Waals surface area contributed by atoms with Crippen molar-refractivity contribution in [3.8, 4) is 0 Å². The quantitative estimate of drug-likeness (QED) is 0.808. The number of rotatable bonds is 7. The first-order valence-electron chi connectivity index (χ1n) is 6.93.